The van der Waals surface area contributed by atoms with E-state index in [0.717, 1.165) is 6.07 Å². The molecule has 0 unspecified atom stereocenters. The van der Waals surface area contributed by atoms with Crippen LogP contribution < -0.4 is 0 Å². The number of benzene rings is 1. The number of nitrogens with zero attached hydrogens (tertiary/aromatic N) is 3. The normalized spacial score (nSPS) is 13.2. The van der Waals surface area contributed by atoms with Gasteiger partial charge >= 0.3 is 6.18 Å². The van der Waals surface area contributed by atoms with Gasteiger partial charge in [0.1, 0.15) is 18.4 Å². The summed E-state index contributed by atoms with van der Waals surface area (Å²) < 4.78 is 40.6. The molecule has 0 atom stereocenters. The highest BCUT2D eigenvalue weighted by Crippen LogP contribution is 2.34. The molecule has 0 spiro atoms. The van der Waals surface area contributed by atoms with Crippen LogP contribution in [0.1, 0.15) is 31.9 Å². The first-order chi connectivity index (χ1) is 10.6. The topological polar surface area (TPSA) is 47.8 Å². The highest BCUT2D eigenvalue weighted by Gasteiger charge is 2.33. The van der Waals surface area contributed by atoms with Gasteiger partial charge in [0.05, 0.1) is 5.56 Å². The second-order valence-electron chi connectivity index (χ2n) is 6.03. The zero-order chi connectivity index (χ0) is 17.3. The monoisotopic (exact) mass is 323 g/mol. The van der Waals surface area contributed by atoms with Gasteiger partial charge in [-0.2, -0.15) is 18.3 Å². The number of carbonyl (C=O) groups excluding carboxylic acids is 1. The summed E-state index contributed by atoms with van der Waals surface area (Å²) >= 11 is 0. The van der Waals surface area contributed by atoms with Crippen LogP contribution in [0.2, 0.25) is 0 Å². The Morgan fingerprint density at radius 3 is 2.35 bits per heavy atom. The summed E-state index contributed by atoms with van der Waals surface area (Å²) in [6, 6.07) is 5.09. The van der Waals surface area contributed by atoms with E-state index >= 15 is 0 Å². The second kappa shape index (κ2) is 5.98. The van der Waals surface area contributed by atoms with Crippen LogP contribution in [0.3, 0.4) is 0 Å². The fraction of sp³-hybridized carbons (Fsp3) is 0.312. The molecular formula is C16H16F3N3O. The number of rotatable bonds is 3. The quantitative estimate of drug-likeness (QED) is 0.805. The smallest absolute Gasteiger partial charge is 0.292 e. The van der Waals surface area contributed by atoms with Crippen LogP contribution in [0.4, 0.5) is 13.2 Å². The average molecular weight is 323 g/mol. The van der Waals surface area contributed by atoms with Gasteiger partial charge in [0, 0.05) is 5.41 Å². The van der Waals surface area contributed by atoms with Crippen molar-refractivity contribution in [1.29, 1.82) is 0 Å². The number of hydrogen-bond acceptors (Lipinski definition) is 3. The van der Waals surface area contributed by atoms with E-state index in [1.165, 1.54) is 41.6 Å². The zero-order valence-electron chi connectivity index (χ0n) is 12.9. The Hall–Kier alpha value is -2.44. The molecule has 0 amide bonds. The lowest BCUT2D eigenvalue weighted by atomic mass is 9.88. The van der Waals surface area contributed by atoms with Crippen LogP contribution in [0, 0.1) is 5.41 Å². The van der Waals surface area contributed by atoms with Crippen molar-refractivity contribution in [3.8, 4) is 0 Å². The molecule has 0 saturated heterocycles. The maximum Gasteiger partial charge on any atom is 0.416 e. The van der Waals surface area contributed by atoms with Gasteiger partial charge in [-0.1, -0.05) is 39.0 Å². The summed E-state index contributed by atoms with van der Waals surface area (Å²) in [4.78, 5) is 16.3. The molecule has 0 N–H and O–H groups in total. The Morgan fingerprint density at radius 1 is 1.17 bits per heavy atom. The lowest BCUT2D eigenvalue weighted by Crippen LogP contribution is -2.24. The molecule has 23 heavy (non-hydrogen) atoms. The number of hydrogen-bond donors (Lipinski definition) is 0. The molecule has 0 radical (unpaired) electrons. The molecule has 0 aliphatic heterocycles. The maximum absolute atomic E-state index is 13.1. The van der Waals surface area contributed by atoms with Gasteiger partial charge in [-0.15, -0.1) is 0 Å². The summed E-state index contributed by atoms with van der Waals surface area (Å²) in [5.74, 6) is -0.333. The third-order valence-electron chi connectivity index (χ3n) is 3.14. The molecule has 0 aliphatic carbocycles. The summed E-state index contributed by atoms with van der Waals surface area (Å²) in [5.41, 5.74) is -1.64. The molecule has 4 nitrogen and oxygen atoms in total. The Balaban J connectivity index is 2.62. The van der Waals surface area contributed by atoms with Gasteiger partial charge < -0.3 is 0 Å². The first-order valence-corrected chi connectivity index (χ1v) is 6.88. The van der Waals surface area contributed by atoms with Crippen LogP contribution in [-0.2, 0) is 11.0 Å². The SMILES string of the molecule is CC(C)(C)C(=O)/C(=C\c1ccccc1C(F)(F)F)n1cncn1. The van der Waals surface area contributed by atoms with Gasteiger partial charge in [0.15, 0.2) is 5.78 Å². The van der Waals surface area contributed by atoms with Crippen molar-refractivity contribution in [1.82, 2.24) is 14.8 Å². The van der Waals surface area contributed by atoms with Crippen LogP contribution in [0.15, 0.2) is 36.9 Å². The minimum absolute atomic E-state index is 0.0340. The predicted molar refractivity (Wildman–Crippen MR) is 80.1 cm³/mol. The predicted octanol–water partition coefficient (Wildman–Crippen LogP) is 3.91. The molecule has 1 aromatic heterocycles. The zero-order valence-corrected chi connectivity index (χ0v) is 12.9. The van der Waals surface area contributed by atoms with E-state index < -0.39 is 17.2 Å². The first-order valence-electron chi connectivity index (χ1n) is 6.88. The highest BCUT2D eigenvalue weighted by atomic mass is 19.4. The lowest BCUT2D eigenvalue weighted by molar-refractivity contribution is -0.137. The number of halogens is 3. The van der Waals surface area contributed by atoms with Crippen molar-refractivity contribution in [2.75, 3.05) is 0 Å². The Bertz CT molecular complexity index is 726. The van der Waals surface area contributed by atoms with E-state index in [1.807, 2.05) is 0 Å². The van der Waals surface area contributed by atoms with Crippen molar-refractivity contribution in [2.45, 2.75) is 26.9 Å². The minimum atomic E-state index is -4.51. The van der Waals surface area contributed by atoms with Gasteiger partial charge in [0.25, 0.3) is 0 Å². The van der Waals surface area contributed by atoms with E-state index in [2.05, 4.69) is 10.1 Å². The van der Waals surface area contributed by atoms with Crippen molar-refractivity contribution in [2.24, 2.45) is 5.41 Å². The molecule has 0 fully saturated rings. The Morgan fingerprint density at radius 2 is 1.83 bits per heavy atom. The number of Topliss-reactive ketones (excluding diaryl/α,β-unsaturated/α-hetero) is 1. The van der Waals surface area contributed by atoms with E-state index in [9.17, 15) is 18.0 Å². The van der Waals surface area contributed by atoms with Crippen molar-refractivity contribution < 1.29 is 18.0 Å². The molecule has 122 valence electrons. The minimum Gasteiger partial charge on any atom is -0.292 e. The molecular weight excluding hydrogens is 307 g/mol. The van der Waals surface area contributed by atoms with Crippen LogP contribution in [0.25, 0.3) is 11.8 Å². The standard InChI is InChI=1S/C16H16F3N3O/c1-15(2,3)14(23)13(22-10-20-9-21-22)8-11-6-4-5-7-12(11)16(17,18)19/h4-10H,1-3H3/b13-8+. The highest BCUT2D eigenvalue weighted by molar-refractivity contribution is 6.21. The second-order valence-corrected chi connectivity index (χ2v) is 6.03. The van der Waals surface area contributed by atoms with Crippen LogP contribution >= 0.6 is 0 Å². The fourth-order valence-electron chi connectivity index (χ4n) is 1.98. The van der Waals surface area contributed by atoms with E-state index in [-0.39, 0.29) is 17.0 Å². The number of aromatic nitrogens is 3. The third kappa shape index (κ3) is 3.85. The van der Waals surface area contributed by atoms with Gasteiger partial charge in [-0.25, -0.2) is 9.67 Å². The van der Waals surface area contributed by atoms with Gasteiger partial charge in [0.2, 0.25) is 0 Å². The Labute approximate surface area is 131 Å². The molecule has 2 aromatic rings. The van der Waals surface area contributed by atoms with Crippen LogP contribution in [-0.4, -0.2) is 20.5 Å². The van der Waals surface area contributed by atoms with Crippen molar-refractivity contribution in [3.63, 3.8) is 0 Å². The van der Waals surface area contributed by atoms with Crippen molar-refractivity contribution >= 4 is 17.6 Å². The molecule has 1 aromatic carbocycles. The van der Waals surface area contributed by atoms with Gasteiger partial charge in [-0.3, -0.25) is 4.79 Å². The lowest BCUT2D eigenvalue weighted by Gasteiger charge is -2.19. The third-order valence-corrected chi connectivity index (χ3v) is 3.14. The fourth-order valence-corrected chi connectivity index (χ4v) is 1.98. The summed E-state index contributed by atoms with van der Waals surface area (Å²) in [6.45, 7) is 5.07. The molecule has 7 heteroatoms. The van der Waals surface area contributed by atoms with E-state index in [4.69, 9.17) is 0 Å². The molecule has 0 bridgehead atoms. The van der Waals surface area contributed by atoms with Crippen LogP contribution in [0.5, 0.6) is 0 Å². The maximum atomic E-state index is 13.1. The van der Waals surface area contributed by atoms with E-state index in [1.54, 1.807) is 20.8 Å². The molecule has 0 saturated carbocycles. The first kappa shape index (κ1) is 16.9. The molecule has 2 rings (SSSR count). The summed E-state index contributed by atoms with van der Waals surface area (Å²) in [6.07, 6.45) is -0.804. The number of ketones is 1. The number of alkyl halides is 3. The Kier molecular flexibility index (Phi) is 4.40. The van der Waals surface area contributed by atoms with Crippen molar-refractivity contribution in [3.05, 3.63) is 48.0 Å². The average Bonchev–Trinajstić information content (AvgIpc) is 2.96. The number of allylic oxidation sites excluding steroid dienone is 1. The van der Waals surface area contributed by atoms with Gasteiger partial charge in [-0.05, 0) is 17.7 Å². The molecule has 1 heterocycles. The summed E-state index contributed by atoms with van der Waals surface area (Å²) in [7, 11) is 0. The summed E-state index contributed by atoms with van der Waals surface area (Å²) in [5, 5.41) is 3.87. The largest absolute Gasteiger partial charge is 0.416 e. The van der Waals surface area contributed by atoms with E-state index in [0.29, 0.717) is 0 Å². The molecule has 0 aliphatic rings. The number of carbonyl (C=O) groups is 1.